The highest BCUT2D eigenvalue weighted by Crippen LogP contribution is 2.32. The predicted molar refractivity (Wildman–Crippen MR) is 91.3 cm³/mol. The summed E-state index contributed by atoms with van der Waals surface area (Å²) in [5.74, 6) is 0.746. The van der Waals surface area contributed by atoms with Gasteiger partial charge in [0.05, 0.1) is 0 Å². The number of carbonyl (C=O) groups is 1. The Morgan fingerprint density at radius 1 is 1.41 bits per heavy atom. The molecule has 118 valence electrons. The van der Waals surface area contributed by atoms with Crippen molar-refractivity contribution in [3.05, 3.63) is 35.0 Å². The molecule has 0 fully saturated rings. The number of aromatic amines is 1. The lowest BCUT2D eigenvalue weighted by Crippen LogP contribution is -2.42. The number of rotatable bonds is 3. The highest BCUT2D eigenvalue weighted by Gasteiger charge is 2.22. The van der Waals surface area contributed by atoms with Gasteiger partial charge in [-0.1, -0.05) is 13.8 Å². The van der Waals surface area contributed by atoms with Crippen LogP contribution in [0.5, 0.6) is 0 Å². The van der Waals surface area contributed by atoms with E-state index in [9.17, 15) is 4.79 Å². The average Bonchev–Trinajstić information content (AvgIpc) is 2.84. The van der Waals surface area contributed by atoms with E-state index in [1.165, 1.54) is 23.1 Å². The van der Waals surface area contributed by atoms with Crippen LogP contribution in [0.2, 0.25) is 0 Å². The molecule has 2 N–H and O–H groups in total. The fourth-order valence-corrected chi connectivity index (χ4v) is 3.20. The maximum atomic E-state index is 12.5. The third-order valence-electron chi connectivity index (χ3n) is 5.03. The summed E-state index contributed by atoms with van der Waals surface area (Å²) in [5.41, 5.74) is 4.52. The molecule has 3 rings (SSSR count). The van der Waals surface area contributed by atoms with Crippen molar-refractivity contribution in [2.75, 3.05) is 0 Å². The summed E-state index contributed by atoms with van der Waals surface area (Å²) in [5, 5.41) is 4.34. The molecule has 1 aliphatic rings. The maximum Gasteiger partial charge on any atom is 0.251 e. The van der Waals surface area contributed by atoms with Crippen LogP contribution in [0, 0.1) is 5.92 Å². The van der Waals surface area contributed by atoms with Gasteiger partial charge in [0.15, 0.2) is 0 Å². The summed E-state index contributed by atoms with van der Waals surface area (Å²) in [6.07, 6.45) is 4.40. The molecule has 0 spiro atoms. The average molecular weight is 298 g/mol. The summed E-state index contributed by atoms with van der Waals surface area (Å²) in [6, 6.07) is 6.03. The lowest BCUT2D eigenvalue weighted by atomic mass is 9.87. The van der Waals surface area contributed by atoms with Crippen molar-refractivity contribution in [2.24, 2.45) is 5.92 Å². The van der Waals surface area contributed by atoms with E-state index in [4.69, 9.17) is 0 Å². The maximum absolute atomic E-state index is 12.5. The first-order valence-corrected chi connectivity index (χ1v) is 8.35. The molecule has 1 amide bonds. The predicted octanol–water partition coefficient (Wildman–Crippen LogP) is 4.21. The van der Waals surface area contributed by atoms with E-state index in [1.54, 1.807) is 0 Å². The van der Waals surface area contributed by atoms with Crippen molar-refractivity contribution in [1.29, 1.82) is 0 Å². The number of fused-ring (bicyclic) bond motifs is 3. The summed E-state index contributed by atoms with van der Waals surface area (Å²) < 4.78 is 0. The molecule has 1 unspecified atom stereocenters. The van der Waals surface area contributed by atoms with Crippen LogP contribution in [-0.2, 0) is 12.8 Å². The molecule has 0 saturated heterocycles. The highest BCUT2D eigenvalue weighted by molar-refractivity contribution is 5.99. The quantitative estimate of drug-likeness (QED) is 0.876. The second-order valence-corrected chi connectivity index (χ2v) is 7.38. The fraction of sp³-hybridized carbons (Fsp3) is 0.526. The normalized spacial score (nSPS) is 18.3. The molecule has 2 aromatic rings. The van der Waals surface area contributed by atoms with Crippen molar-refractivity contribution < 1.29 is 4.79 Å². The Labute approximate surface area is 132 Å². The Balaban J connectivity index is 1.96. The molecule has 1 aliphatic carbocycles. The highest BCUT2D eigenvalue weighted by atomic mass is 16.1. The van der Waals surface area contributed by atoms with Crippen LogP contribution < -0.4 is 5.32 Å². The number of aromatic nitrogens is 1. The standard InChI is InChI=1S/C19H26N2O/c1-5-19(3,4)21-18(22)13-7-9-17-15(11-13)14-10-12(2)6-8-16(14)20-17/h7,9,11-12,20H,5-6,8,10H2,1-4H3,(H,21,22). The van der Waals surface area contributed by atoms with Gasteiger partial charge >= 0.3 is 0 Å². The smallest absolute Gasteiger partial charge is 0.251 e. The van der Waals surface area contributed by atoms with E-state index >= 15 is 0 Å². The van der Waals surface area contributed by atoms with Crippen LogP contribution in [0.1, 0.15) is 62.2 Å². The van der Waals surface area contributed by atoms with E-state index in [-0.39, 0.29) is 11.4 Å². The molecule has 0 saturated carbocycles. The van der Waals surface area contributed by atoms with Gasteiger partial charge in [0.1, 0.15) is 0 Å². The van der Waals surface area contributed by atoms with Gasteiger partial charge in [-0.2, -0.15) is 0 Å². The topological polar surface area (TPSA) is 44.9 Å². The molecular weight excluding hydrogens is 272 g/mol. The number of nitrogens with one attached hydrogen (secondary N) is 2. The van der Waals surface area contributed by atoms with Gasteiger partial charge in [-0.3, -0.25) is 4.79 Å². The summed E-state index contributed by atoms with van der Waals surface area (Å²) in [7, 11) is 0. The summed E-state index contributed by atoms with van der Waals surface area (Å²) in [6.45, 7) is 8.52. The Hall–Kier alpha value is -1.77. The molecule has 1 aromatic carbocycles. The summed E-state index contributed by atoms with van der Waals surface area (Å²) >= 11 is 0. The number of carbonyl (C=O) groups excluding carboxylic acids is 1. The van der Waals surface area contributed by atoms with Crippen molar-refractivity contribution in [1.82, 2.24) is 10.3 Å². The van der Waals surface area contributed by atoms with Crippen molar-refractivity contribution in [2.45, 2.75) is 58.9 Å². The molecule has 1 atom stereocenters. The van der Waals surface area contributed by atoms with Crippen LogP contribution >= 0.6 is 0 Å². The molecule has 3 nitrogen and oxygen atoms in total. The first-order chi connectivity index (χ1) is 10.4. The number of benzene rings is 1. The van der Waals surface area contributed by atoms with Gasteiger partial charge < -0.3 is 10.3 Å². The molecule has 1 aromatic heterocycles. The van der Waals surface area contributed by atoms with Crippen LogP contribution in [0.4, 0.5) is 0 Å². The van der Waals surface area contributed by atoms with Crippen LogP contribution in [0.3, 0.4) is 0 Å². The van der Waals surface area contributed by atoms with Crippen LogP contribution in [0.15, 0.2) is 18.2 Å². The summed E-state index contributed by atoms with van der Waals surface area (Å²) in [4.78, 5) is 16.0. The van der Waals surface area contributed by atoms with Crippen molar-refractivity contribution in [3.8, 4) is 0 Å². The Kier molecular flexibility index (Phi) is 3.75. The monoisotopic (exact) mass is 298 g/mol. The third-order valence-corrected chi connectivity index (χ3v) is 5.03. The zero-order chi connectivity index (χ0) is 15.9. The number of hydrogen-bond donors (Lipinski definition) is 2. The Morgan fingerprint density at radius 3 is 2.91 bits per heavy atom. The van der Waals surface area contributed by atoms with Crippen molar-refractivity contribution >= 4 is 16.8 Å². The molecule has 1 heterocycles. The van der Waals surface area contributed by atoms with E-state index < -0.39 is 0 Å². The zero-order valence-corrected chi connectivity index (χ0v) is 14.0. The van der Waals surface area contributed by atoms with Gasteiger partial charge in [-0.05, 0) is 69.2 Å². The first-order valence-electron chi connectivity index (χ1n) is 8.35. The Bertz CT molecular complexity index is 712. The number of amides is 1. The molecule has 0 radical (unpaired) electrons. The fourth-order valence-electron chi connectivity index (χ4n) is 3.20. The van der Waals surface area contributed by atoms with Gasteiger partial charge in [-0.15, -0.1) is 0 Å². The van der Waals surface area contributed by atoms with Crippen molar-refractivity contribution in [3.63, 3.8) is 0 Å². The number of aryl methyl sites for hydroxylation is 1. The lowest BCUT2D eigenvalue weighted by molar-refractivity contribution is 0.0911. The third kappa shape index (κ3) is 2.77. The molecule has 22 heavy (non-hydrogen) atoms. The molecule has 0 aliphatic heterocycles. The van der Waals surface area contributed by atoms with E-state index in [0.29, 0.717) is 0 Å². The lowest BCUT2D eigenvalue weighted by Gasteiger charge is -2.24. The van der Waals surface area contributed by atoms with Crippen LogP contribution in [0.25, 0.3) is 10.9 Å². The number of H-pyrrole nitrogens is 1. The van der Waals surface area contributed by atoms with Gasteiger partial charge in [0.25, 0.3) is 5.91 Å². The van der Waals surface area contributed by atoms with Crippen LogP contribution in [-0.4, -0.2) is 16.4 Å². The van der Waals surface area contributed by atoms with Gasteiger partial charge in [0, 0.05) is 27.7 Å². The van der Waals surface area contributed by atoms with Gasteiger partial charge in [0.2, 0.25) is 0 Å². The number of hydrogen-bond acceptors (Lipinski definition) is 1. The zero-order valence-electron chi connectivity index (χ0n) is 14.0. The minimum atomic E-state index is -0.169. The Morgan fingerprint density at radius 2 is 2.18 bits per heavy atom. The van der Waals surface area contributed by atoms with E-state index in [1.807, 2.05) is 12.1 Å². The van der Waals surface area contributed by atoms with E-state index in [2.05, 4.69) is 44.1 Å². The second-order valence-electron chi connectivity index (χ2n) is 7.38. The largest absolute Gasteiger partial charge is 0.358 e. The SMILES string of the molecule is CCC(C)(C)NC(=O)c1ccc2[nH]c3c(c2c1)CC(C)CC3. The van der Waals surface area contributed by atoms with E-state index in [0.717, 1.165) is 36.3 Å². The minimum Gasteiger partial charge on any atom is -0.358 e. The van der Waals surface area contributed by atoms with Gasteiger partial charge in [-0.25, -0.2) is 0 Å². The minimum absolute atomic E-state index is 0.0209. The second kappa shape index (κ2) is 5.45. The molecule has 0 bridgehead atoms. The molecule has 3 heteroatoms. The first kappa shape index (κ1) is 15.1. The molecular formula is C19H26N2O.